The van der Waals surface area contributed by atoms with Crippen molar-refractivity contribution in [1.29, 1.82) is 0 Å². The highest BCUT2D eigenvalue weighted by Gasteiger charge is 2.26. The molecule has 4 aromatic rings. The Balaban J connectivity index is 1.38. The molecule has 1 fully saturated rings. The highest BCUT2D eigenvalue weighted by atomic mass is 19.1. The van der Waals surface area contributed by atoms with E-state index in [1.54, 1.807) is 16.8 Å². The normalized spacial score (nSPS) is 14.4. The lowest BCUT2D eigenvalue weighted by Crippen LogP contribution is -2.48. The molecule has 0 saturated carbocycles. The summed E-state index contributed by atoms with van der Waals surface area (Å²) in [6.07, 6.45) is 0. The molecule has 0 N–H and O–H groups in total. The lowest BCUT2D eigenvalue weighted by atomic mass is 10.1. The summed E-state index contributed by atoms with van der Waals surface area (Å²) in [5.41, 5.74) is 4.06. The summed E-state index contributed by atoms with van der Waals surface area (Å²) in [4.78, 5) is 17.8. The molecule has 0 bridgehead atoms. The van der Waals surface area contributed by atoms with E-state index in [9.17, 15) is 9.18 Å². The second-order valence-corrected chi connectivity index (χ2v) is 8.22. The van der Waals surface area contributed by atoms with E-state index in [-0.39, 0.29) is 11.7 Å². The maximum absolute atomic E-state index is 13.5. The maximum atomic E-state index is 13.5. The van der Waals surface area contributed by atoms with Gasteiger partial charge in [0.15, 0.2) is 0 Å². The van der Waals surface area contributed by atoms with E-state index in [2.05, 4.69) is 29.2 Å². The van der Waals surface area contributed by atoms with Crippen LogP contribution in [0.5, 0.6) is 0 Å². The van der Waals surface area contributed by atoms with Gasteiger partial charge in [-0.25, -0.2) is 9.07 Å². The summed E-state index contributed by atoms with van der Waals surface area (Å²) in [5.74, 6) is -0.384. The van der Waals surface area contributed by atoms with E-state index in [1.165, 1.54) is 17.7 Å². The Labute approximate surface area is 192 Å². The van der Waals surface area contributed by atoms with Crippen LogP contribution in [0.1, 0.15) is 16.1 Å². The van der Waals surface area contributed by atoms with Crippen LogP contribution >= 0.6 is 0 Å². The first-order valence-electron chi connectivity index (χ1n) is 11.1. The smallest absolute Gasteiger partial charge is 0.272 e. The van der Waals surface area contributed by atoms with Crippen molar-refractivity contribution in [2.45, 2.75) is 6.54 Å². The van der Waals surface area contributed by atoms with Crippen LogP contribution in [-0.4, -0.2) is 51.7 Å². The highest BCUT2D eigenvalue weighted by molar-refractivity contribution is 5.94. The molecule has 3 aromatic carbocycles. The molecule has 1 saturated heterocycles. The molecule has 5 nitrogen and oxygen atoms in total. The first kappa shape index (κ1) is 21.1. The SMILES string of the molecule is O=C(c1cc(-c2ccccc2)nn1-c1ccc(F)cc1)N1CCN(Cc2ccccc2)CC1. The number of piperazine rings is 1. The van der Waals surface area contributed by atoms with E-state index in [4.69, 9.17) is 5.10 Å². The predicted molar refractivity (Wildman–Crippen MR) is 127 cm³/mol. The molecule has 0 unspecified atom stereocenters. The first-order chi connectivity index (χ1) is 16.2. The van der Waals surface area contributed by atoms with Gasteiger partial charge in [-0.15, -0.1) is 0 Å². The van der Waals surface area contributed by atoms with Crippen molar-refractivity contribution in [2.24, 2.45) is 0 Å². The fraction of sp³-hybridized carbons (Fsp3) is 0.185. The van der Waals surface area contributed by atoms with Crippen LogP contribution in [0.15, 0.2) is 91.0 Å². The monoisotopic (exact) mass is 440 g/mol. The molecule has 33 heavy (non-hydrogen) atoms. The van der Waals surface area contributed by atoms with Gasteiger partial charge >= 0.3 is 0 Å². The van der Waals surface area contributed by atoms with Gasteiger partial charge in [-0.2, -0.15) is 5.10 Å². The molecule has 1 amide bonds. The van der Waals surface area contributed by atoms with Crippen LogP contribution in [0.4, 0.5) is 4.39 Å². The summed E-state index contributed by atoms with van der Waals surface area (Å²) in [6, 6.07) is 28.0. The van der Waals surface area contributed by atoms with Crippen molar-refractivity contribution in [3.05, 3.63) is 108 Å². The first-order valence-corrected chi connectivity index (χ1v) is 11.1. The van der Waals surface area contributed by atoms with Crippen molar-refractivity contribution in [3.8, 4) is 16.9 Å². The summed E-state index contributed by atoms with van der Waals surface area (Å²) in [5, 5.41) is 4.70. The second-order valence-electron chi connectivity index (χ2n) is 8.22. The summed E-state index contributed by atoms with van der Waals surface area (Å²) in [6.45, 7) is 3.82. The predicted octanol–water partition coefficient (Wildman–Crippen LogP) is 4.64. The largest absolute Gasteiger partial charge is 0.335 e. The molecular formula is C27H25FN4O. The number of rotatable bonds is 5. The molecule has 5 rings (SSSR count). The molecule has 166 valence electrons. The van der Waals surface area contributed by atoms with Gasteiger partial charge in [0.25, 0.3) is 5.91 Å². The number of carbonyl (C=O) groups is 1. The number of nitrogens with zero attached hydrogens (tertiary/aromatic N) is 4. The number of halogens is 1. The highest BCUT2D eigenvalue weighted by Crippen LogP contribution is 2.23. The van der Waals surface area contributed by atoms with Crippen molar-refractivity contribution >= 4 is 5.91 Å². The van der Waals surface area contributed by atoms with Crippen molar-refractivity contribution < 1.29 is 9.18 Å². The van der Waals surface area contributed by atoms with Gasteiger partial charge in [0.05, 0.1) is 11.4 Å². The standard InChI is InChI=1S/C27H25FN4O/c28-23-11-13-24(14-12-23)32-26(19-25(29-32)22-9-5-2-6-10-22)27(33)31-17-15-30(16-18-31)20-21-7-3-1-4-8-21/h1-14,19H,15-18,20H2. The number of benzene rings is 3. The molecule has 6 heteroatoms. The zero-order valence-corrected chi connectivity index (χ0v) is 18.3. The fourth-order valence-corrected chi connectivity index (χ4v) is 4.18. The van der Waals surface area contributed by atoms with Crippen LogP contribution in [0.3, 0.4) is 0 Å². The van der Waals surface area contributed by atoms with Crippen LogP contribution in [0.25, 0.3) is 16.9 Å². The van der Waals surface area contributed by atoms with Crippen LogP contribution < -0.4 is 0 Å². The summed E-state index contributed by atoms with van der Waals surface area (Å²) < 4.78 is 15.1. The van der Waals surface area contributed by atoms with E-state index in [0.29, 0.717) is 30.2 Å². The second kappa shape index (κ2) is 9.38. The summed E-state index contributed by atoms with van der Waals surface area (Å²) in [7, 11) is 0. The van der Waals surface area contributed by atoms with Crippen LogP contribution in [-0.2, 0) is 6.54 Å². The Morgan fingerprint density at radius 2 is 1.45 bits per heavy atom. The lowest BCUT2D eigenvalue weighted by Gasteiger charge is -2.34. The third-order valence-corrected chi connectivity index (χ3v) is 5.98. The Hall–Kier alpha value is -3.77. The Bertz CT molecular complexity index is 1210. The van der Waals surface area contributed by atoms with Crippen molar-refractivity contribution in [2.75, 3.05) is 26.2 Å². The van der Waals surface area contributed by atoms with E-state index < -0.39 is 0 Å². The number of hydrogen-bond donors (Lipinski definition) is 0. The average molecular weight is 441 g/mol. The molecule has 2 heterocycles. The molecule has 1 aliphatic heterocycles. The average Bonchev–Trinajstić information content (AvgIpc) is 3.31. The van der Waals surface area contributed by atoms with Crippen LogP contribution in [0, 0.1) is 5.82 Å². The zero-order valence-electron chi connectivity index (χ0n) is 18.3. The zero-order chi connectivity index (χ0) is 22.6. The van der Waals surface area contributed by atoms with Gasteiger partial charge in [0, 0.05) is 38.3 Å². The number of hydrogen-bond acceptors (Lipinski definition) is 3. The van der Waals surface area contributed by atoms with E-state index in [1.807, 2.05) is 47.4 Å². The molecule has 0 spiro atoms. The number of carbonyl (C=O) groups excluding carboxylic acids is 1. The minimum Gasteiger partial charge on any atom is -0.335 e. The van der Waals surface area contributed by atoms with Gasteiger partial charge in [-0.05, 0) is 35.9 Å². The Morgan fingerprint density at radius 3 is 2.12 bits per heavy atom. The third-order valence-electron chi connectivity index (χ3n) is 5.98. The minimum absolute atomic E-state index is 0.0617. The molecule has 0 aliphatic carbocycles. The molecule has 0 atom stereocenters. The van der Waals surface area contributed by atoms with E-state index >= 15 is 0 Å². The molecule has 0 radical (unpaired) electrons. The van der Waals surface area contributed by atoms with Gasteiger partial charge < -0.3 is 4.90 Å². The van der Waals surface area contributed by atoms with Gasteiger partial charge in [0.2, 0.25) is 0 Å². The lowest BCUT2D eigenvalue weighted by molar-refractivity contribution is 0.0619. The molecular weight excluding hydrogens is 415 g/mol. The Morgan fingerprint density at radius 1 is 0.818 bits per heavy atom. The quantitative estimate of drug-likeness (QED) is 0.454. The van der Waals surface area contributed by atoms with E-state index in [0.717, 1.165) is 25.2 Å². The Kier molecular flexibility index (Phi) is 6.00. The minimum atomic E-state index is -0.323. The van der Waals surface area contributed by atoms with Gasteiger partial charge in [0.1, 0.15) is 11.5 Å². The van der Waals surface area contributed by atoms with Gasteiger partial charge in [-0.3, -0.25) is 9.69 Å². The topological polar surface area (TPSA) is 41.4 Å². The summed E-state index contributed by atoms with van der Waals surface area (Å²) >= 11 is 0. The molecule has 1 aliphatic rings. The maximum Gasteiger partial charge on any atom is 0.272 e. The van der Waals surface area contributed by atoms with Crippen LogP contribution in [0.2, 0.25) is 0 Å². The molecule has 1 aromatic heterocycles. The fourth-order valence-electron chi connectivity index (χ4n) is 4.18. The van der Waals surface area contributed by atoms with Gasteiger partial charge in [-0.1, -0.05) is 60.7 Å². The number of aromatic nitrogens is 2. The third kappa shape index (κ3) is 4.71. The van der Waals surface area contributed by atoms with Crippen molar-refractivity contribution in [3.63, 3.8) is 0 Å². The van der Waals surface area contributed by atoms with Crippen molar-refractivity contribution in [1.82, 2.24) is 19.6 Å². The number of amides is 1.